The van der Waals surface area contributed by atoms with Crippen LogP contribution in [0.4, 0.5) is 5.69 Å². The SMILES string of the molecule is N#Cc1cc(Br)ccc1NC(=O)c1cc2c(s1)CCSC2. The lowest BCUT2D eigenvalue weighted by molar-refractivity contribution is 0.103. The summed E-state index contributed by atoms with van der Waals surface area (Å²) in [5.74, 6) is 1.97. The fraction of sp³-hybridized carbons (Fsp3) is 0.200. The van der Waals surface area contributed by atoms with E-state index in [2.05, 4.69) is 27.3 Å². The minimum Gasteiger partial charge on any atom is -0.320 e. The van der Waals surface area contributed by atoms with E-state index >= 15 is 0 Å². The maximum Gasteiger partial charge on any atom is 0.265 e. The summed E-state index contributed by atoms with van der Waals surface area (Å²) >= 11 is 6.79. The third-order valence-corrected chi connectivity index (χ3v) is 5.94. The van der Waals surface area contributed by atoms with Crippen molar-refractivity contribution in [1.29, 1.82) is 5.26 Å². The van der Waals surface area contributed by atoms with Gasteiger partial charge in [-0.05, 0) is 42.0 Å². The molecule has 0 aliphatic carbocycles. The number of benzene rings is 1. The second-order valence-corrected chi connectivity index (χ2v) is 7.78. The zero-order valence-electron chi connectivity index (χ0n) is 11.0. The number of hydrogen-bond donors (Lipinski definition) is 1. The first-order valence-corrected chi connectivity index (χ1v) is 9.14. The van der Waals surface area contributed by atoms with Crippen molar-refractivity contribution in [3.05, 3.63) is 49.6 Å². The highest BCUT2D eigenvalue weighted by Gasteiger charge is 2.18. The number of nitriles is 1. The van der Waals surface area contributed by atoms with Crippen LogP contribution in [-0.4, -0.2) is 11.7 Å². The molecule has 1 N–H and O–H groups in total. The molecule has 0 unspecified atom stereocenters. The van der Waals surface area contributed by atoms with Crippen molar-refractivity contribution < 1.29 is 4.79 Å². The van der Waals surface area contributed by atoms with Crippen LogP contribution >= 0.6 is 39.0 Å². The van der Waals surface area contributed by atoms with E-state index < -0.39 is 0 Å². The van der Waals surface area contributed by atoms with Gasteiger partial charge in [0.25, 0.3) is 5.91 Å². The third kappa shape index (κ3) is 3.15. The summed E-state index contributed by atoms with van der Waals surface area (Å²) in [4.78, 5) is 14.4. The molecule has 3 nitrogen and oxygen atoms in total. The molecule has 0 saturated heterocycles. The molecule has 0 fully saturated rings. The zero-order valence-corrected chi connectivity index (χ0v) is 14.2. The number of halogens is 1. The number of fused-ring (bicyclic) bond motifs is 1. The summed E-state index contributed by atoms with van der Waals surface area (Å²) in [5.41, 5.74) is 2.28. The average molecular weight is 379 g/mol. The lowest BCUT2D eigenvalue weighted by Gasteiger charge is -2.08. The molecule has 2 heterocycles. The molecule has 1 aliphatic heterocycles. The monoisotopic (exact) mass is 378 g/mol. The van der Waals surface area contributed by atoms with Gasteiger partial charge in [-0.15, -0.1) is 11.3 Å². The van der Waals surface area contributed by atoms with E-state index in [1.165, 1.54) is 10.4 Å². The molecule has 1 aromatic carbocycles. The third-order valence-electron chi connectivity index (χ3n) is 3.20. The molecule has 1 amide bonds. The molecule has 6 heteroatoms. The summed E-state index contributed by atoms with van der Waals surface area (Å²) in [6.07, 6.45) is 1.04. The van der Waals surface area contributed by atoms with E-state index in [1.807, 2.05) is 23.9 Å². The van der Waals surface area contributed by atoms with Crippen LogP contribution in [0.2, 0.25) is 0 Å². The molecule has 1 aromatic heterocycles. The van der Waals surface area contributed by atoms with Crippen molar-refractivity contribution in [2.24, 2.45) is 0 Å². The van der Waals surface area contributed by atoms with Gasteiger partial charge in [0.1, 0.15) is 6.07 Å². The predicted molar refractivity (Wildman–Crippen MR) is 91.0 cm³/mol. The Morgan fingerprint density at radius 1 is 1.38 bits per heavy atom. The molecule has 1 aliphatic rings. The van der Waals surface area contributed by atoms with Crippen LogP contribution in [0.5, 0.6) is 0 Å². The first kappa shape index (κ1) is 14.6. The average Bonchev–Trinajstić information content (AvgIpc) is 2.93. The van der Waals surface area contributed by atoms with E-state index in [-0.39, 0.29) is 5.91 Å². The van der Waals surface area contributed by atoms with Crippen LogP contribution < -0.4 is 5.32 Å². The van der Waals surface area contributed by atoms with Crippen molar-refractivity contribution in [1.82, 2.24) is 0 Å². The maximum atomic E-state index is 12.4. The highest BCUT2D eigenvalue weighted by molar-refractivity contribution is 9.10. The maximum absolute atomic E-state index is 12.4. The summed E-state index contributed by atoms with van der Waals surface area (Å²) in [6.45, 7) is 0. The van der Waals surface area contributed by atoms with Crippen molar-refractivity contribution in [3.8, 4) is 6.07 Å². The number of amides is 1. The Hall–Kier alpha value is -1.29. The van der Waals surface area contributed by atoms with E-state index in [1.54, 1.807) is 23.5 Å². The standard InChI is InChI=1S/C15H11BrN2OS2/c16-11-1-2-12(9(5-11)7-17)18-15(19)14-6-10-8-20-4-3-13(10)21-14/h1-2,5-6H,3-4,8H2,(H,18,19). The molecule has 0 atom stereocenters. The zero-order chi connectivity index (χ0) is 14.8. The summed E-state index contributed by atoms with van der Waals surface area (Å²) in [7, 11) is 0. The van der Waals surface area contributed by atoms with Crippen LogP contribution in [0, 0.1) is 11.3 Å². The lowest BCUT2D eigenvalue weighted by atomic mass is 10.2. The summed E-state index contributed by atoms with van der Waals surface area (Å²) < 4.78 is 0.820. The van der Waals surface area contributed by atoms with Gasteiger partial charge in [0.05, 0.1) is 16.1 Å². The number of carbonyl (C=O) groups is 1. The fourth-order valence-electron chi connectivity index (χ4n) is 2.16. The molecular weight excluding hydrogens is 368 g/mol. The largest absolute Gasteiger partial charge is 0.320 e. The lowest BCUT2D eigenvalue weighted by Crippen LogP contribution is -2.11. The van der Waals surface area contributed by atoms with Crippen LogP contribution in [0.15, 0.2) is 28.7 Å². The molecular formula is C15H11BrN2OS2. The van der Waals surface area contributed by atoms with Crippen molar-refractivity contribution >= 4 is 50.6 Å². The van der Waals surface area contributed by atoms with Gasteiger partial charge in [0, 0.05) is 15.1 Å². The minimum atomic E-state index is -0.141. The first-order chi connectivity index (χ1) is 10.2. The highest BCUT2D eigenvalue weighted by Crippen LogP contribution is 2.32. The van der Waals surface area contributed by atoms with Crippen LogP contribution in [-0.2, 0) is 12.2 Å². The van der Waals surface area contributed by atoms with Crippen LogP contribution in [0.1, 0.15) is 25.7 Å². The topological polar surface area (TPSA) is 52.9 Å². The van der Waals surface area contributed by atoms with Crippen LogP contribution in [0.3, 0.4) is 0 Å². The van der Waals surface area contributed by atoms with Crippen molar-refractivity contribution in [3.63, 3.8) is 0 Å². The first-order valence-electron chi connectivity index (χ1n) is 6.37. The fourth-order valence-corrected chi connectivity index (χ4v) is 4.79. The number of anilines is 1. The molecule has 3 rings (SSSR count). The van der Waals surface area contributed by atoms with Crippen LogP contribution in [0.25, 0.3) is 0 Å². The van der Waals surface area contributed by atoms with Gasteiger partial charge in [0.15, 0.2) is 0 Å². The molecule has 21 heavy (non-hydrogen) atoms. The Balaban J connectivity index is 1.84. The molecule has 0 saturated carbocycles. The van der Waals surface area contributed by atoms with Crippen molar-refractivity contribution in [2.75, 3.05) is 11.1 Å². The van der Waals surface area contributed by atoms with Crippen molar-refractivity contribution in [2.45, 2.75) is 12.2 Å². The normalized spacial score (nSPS) is 13.3. The van der Waals surface area contributed by atoms with Gasteiger partial charge >= 0.3 is 0 Å². The van der Waals surface area contributed by atoms with E-state index in [4.69, 9.17) is 5.26 Å². The van der Waals surface area contributed by atoms with Gasteiger partial charge in [0.2, 0.25) is 0 Å². The molecule has 106 valence electrons. The van der Waals surface area contributed by atoms with Gasteiger partial charge < -0.3 is 5.32 Å². The quantitative estimate of drug-likeness (QED) is 0.840. The van der Waals surface area contributed by atoms with Gasteiger partial charge in [-0.3, -0.25) is 4.79 Å². The molecule has 0 radical (unpaired) electrons. The predicted octanol–water partition coefficient (Wildman–Crippen LogP) is 4.42. The van der Waals surface area contributed by atoms with E-state index in [0.717, 1.165) is 22.4 Å². The number of nitrogens with zero attached hydrogens (tertiary/aromatic N) is 1. The second-order valence-electron chi connectivity index (χ2n) is 4.62. The Labute approximate surface area is 139 Å². The van der Waals surface area contributed by atoms with Gasteiger partial charge in [-0.1, -0.05) is 15.9 Å². The Morgan fingerprint density at radius 2 is 2.24 bits per heavy atom. The number of thiophene rings is 1. The number of rotatable bonds is 2. The summed E-state index contributed by atoms with van der Waals surface area (Å²) in [5, 5.41) is 12.0. The Kier molecular flexibility index (Phi) is 4.34. The number of hydrogen-bond acceptors (Lipinski definition) is 4. The van der Waals surface area contributed by atoms with E-state index in [0.29, 0.717) is 16.1 Å². The number of aryl methyl sites for hydroxylation is 1. The Morgan fingerprint density at radius 3 is 3.00 bits per heavy atom. The van der Waals surface area contributed by atoms with Gasteiger partial charge in [-0.25, -0.2) is 0 Å². The van der Waals surface area contributed by atoms with E-state index in [9.17, 15) is 4.79 Å². The number of nitrogens with one attached hydrogen (secondary N) is 1. The molecule has 0 bridgehead atoms. The Bertz CT molecular complexity index is 725. The number of carbonyl (C=O) groups excluding carboxylic acids is 1. The molecule has 2 aromatic rings. The second kappa shape index (κ2) is 6.22. The minimum absolute atomic E-state index is 0.141. The smallest absolute Gasteiger partial charge is 0.265 e. The highest BCUT2D eigenvalue weighted by atomic mass is 79.9. The van der Waals surface area contributed by atoms with Gasteiger partial charge in [-0.2, -0.15) is 17.0 Å². The number of thioether (sulfide) groups is 1. The molecule has 0 spiro atoms. The summed E-state index contributed by atoms with van der Waals surface area (Å²) in [6, 6.07) is 9.33.